The van der Waals surface area contributed by atoms with E-state index in [1.165, 1.54) is 12.2 Å². The third-order valence-electron chi connectivity index (χ3n) is 6.11. The molecule has 0 spiro atoms. The summed E-state index contributed by atoms with van der Waals surface area (Å²) in [4.78, 5) is 27.3. The van der Waals surface area contributed by atoms with Gasteiger partial charge < -0.3 is 19.7 Å². The number of alkyl halides is 1. The van der Waals surface area contributed by atoms with Crippen molar-refractivity contribution in [2.75, 3.05) is 13.7 Å². The van der Waals surface area contributed by atoms with Gasteiger partial charge in [-0.15, -0.1) is 0 Å². The van der Waals surface area contributed by atoms with E-state index in [-0.39, 0.29) is 31.1 Å². The normalized spacial score (nSPS) is 16.9. The summed E-state index contributed by atoms with van der Waals surface area (Å²) in [7, 11) is 1.64. The molecule has 0 aliphatic heterocycles. The van der Waals surface area contributed by atoms with Crippen LogP contribution >= 0.6 is 0 Å². The van der Waals surface area contributed by atoms with Gasteiger partial charge in [-0.2, -0.15) is 4.98 Å². The topological polar surface area (TPSA) is 115 Å². The Labute approximate surface area is 213 Å². The molecular formula is C28H28FN3O5. The molecule has 1 aromatic heterocycles. The maximum absolute atomic E-state index is 14.8. The summed E-state index contributed by atoms with van der Waals surface area (Å²) in [5, 5.41) is 15.3. The molecule has 2 atom stereocenters. The number of aryl methyl sites for hydroxylation is 1. The first-order valence-electron chi connectivity index (χ1n) is 11.9. The molecule has 0 saturated carbocycles. The van der Waals surface area contributed by atoms with Gasteiger partial charge in [-0.3, -0.25) is 9.59 Å². The Morgan fingerprint density at radius 3 is 2.73 bits per heavy atom. The van der Waals surface area contributed by atoms with Gasteiger partial charge in [0.15, 0.2) is 0 Å². The number of hydrogen-bond donors (Lipinski definition) is 2. The van der Waals surface area contributed by atoms with E-state index in [9.17, 15) is 14.0 Å². The van der Waals surface area contributed by atoms with Crippen molar-refractivity contribution in [1.29, 1.82) is 0 Å². The number of benzene rings is 2. The molecule has 2 N–H and O–H groups in total. The Bertz CT molecular complexity index is 1350. The number of rotatable bonds is 10. The second-order valence-corrected chi connectivity index (χ2v) is 8.78. The summed E-state index contributed by atoms with van der Waals surface area (Å²) < 4.78 is 25.7. The molecule has 9 heteroatoms. The second kappa shape index (κ2) is 11.7. The minimum Gasteiger partial charge on any atom is -0.481 e. The van der Waals surface area contributed by atoms with Crippen molar-refractivity contribution >= 4 is 17.4 Å². The molecule has 1 aliphatic carbocycles. The summed E-state index contributed by atoms with van der Waals surface area (Å²) in [6.45, 7) is 2.62. The van der Waals surface area contributed by atoms with E-state index in [4.69, 9.17) is 14.4 Å². The maximum Gasteiger partial charge on any atom is 0.303 e. The van der Waals surface area contributed by atoms with Crippen LogP contribution in [-0.2, 0) is 20.9 Å². The number of methoxy groups -OCH3 is 1. The SMILES string of the molecule is COCc1cc(-c2nc(C3=CC(F)C(C(=O)NCCCC(=O)O)C=C3)no2)ccc1-c1ccccc1C. The van der Waals surface area contributed by atoms with E-state index in [0.29, 0.717) is 17.7 Å². The van der Waals surface area contributed by atoms with Gasteiger partial charge in [0.1, 0.15) is 6.17 Å². The molecule has 3 aromatic rings. The molecule has 37 heavy (non-hydrogen) atoms. The molecule has 2 unspecified atom stereocenters. The molecule has 192 valence electrons. The highest BCUT2D eigenvalue weighted by molar-refractivity contribution is 5.85. The molecule has 1 aliphatic rings. The van der Waals surface area contributed by atoms with Crippen LogP contribution in [0.25, 0.3) is 28.2 Å². The van der Waals surface area contributed by atoms with E-state index in [0.717, 1.165) is 22.3 Å². The average molecular weight is 506 g/mol. The Morgan fingerprint density at radius 2 is 2.00 bits per heavy atom. The monoisotopic (exact) mass is 505 g/mol. The molecule has 1 amide bonds. The number of nitrogens with one attached hydrogen (secondary N) is 1. The Balaban J connectivity index is 1.49. The predicted molar refractivity (Wildman–Crippen MR) is 136 cm³/mol. The number of aromatic nitrogens is 2. The van der Waals surface area contributed by atoms with Gasteiger partial charge in [0, 0.05) is 31.2 Å². The van der Waals surface area contributed by atoms with Gasteiger partial charge in [0.2, 0.25) is 11.7 Å². The van der Waals surface area contributed by atoms with Crippen LogP contribution in [0.4, 0.5) is 4.39 Å². The Kier molecular flexibility index (Phi) is 8.25. The van der Waals surface area contributed by atoms with Crippen molar-refractivity contribution in [3.63, 3.8) is 0 Å². The summed E-state index contributed by atoms with van der Waals surface area (Å²) in [6.07, 6.45) is 2.96. The highest BCUT2D eigenvalue weighted by Crippen LogP contribution is 2.32. The molecule has 0 fully saturated rings. The summed E-state index contributed by atoms with van der Waals surface area (Å²) in [6, 6.07) is 13.9. The van der Waals surface area contributed by atoms with Crippen molar-refractivity contribution in [3.05, 3.63) is 77.6 Å². The number of ether oxygens (including phenoxy) is 1. The molecule has 0 radical (unpaired) electrons. The first-order chi connectivity index (χ1) is 17.9. The number of aliphatic carboxylic acids is 1. The van der Waals surface area contributed by atoms with Crippen LogP contribution in [0.15, 0.2) is 65.2 Å². The summed E-state index contributed by atoms with van der Waals surface area (Å²) in [5.41, 5.74) is 5.39. The van der Waals surface area contributed by atoms with E-state index in [1.54, 1.807) is 13.2 Å². The number of carbonyl (C=O) groups excluding carboxylic acids is 1. The molecule has 0 saturated heterocycles. The Hall–Kier alpha value is -4.11. The molecule has 1 heterocycles. The van der Waals surface area contributed by atoms with Gasteiger partial charge in [-0.25, -0.2) is 4.39 Å². The summed E-state index contributed by atoms with van der Waals surface area (Å²) in [5.74, 6) is -1.96. The zero-order valence-corrected chi connectivity index (χ0v) is 20.6. The third kappa shape index (κ3) is 6.18. The molecule has 4 rings (SSSR count). The van der Waals surface area contributed by atoms with Crippen molar-refractivity contribution in [3.8, 4) is 22.6 Å². The number of carboxylic acid groups (broad SMARTS) is 1. The van der Waals surface area contributed by atoms with Crippen LogP contribution < -0.4 is 5.32 Å². The Morgan fingerprint density at radius 1 is 1.19 bits per heavy atom. The van der Waals surface area contributed by atoms with Gasteiger partial charge >= 0.3 is 5.97 Å². The van der Waals surface area contributed by atoms with E-state index < -0.39 is 24.0 Å². The minimum atomic E-state index is -1.58. The largest absolute Gasteiger partial charge is 0.481 e. The lowest BCUT2D eigenvalue weighted by molar-refractivity contribution is -0.137. The van der Waals surface area contributed by atoms with Gasteiger partial charge in [0.05, 0.1) is 12.5 Å². The first-order valence-corrected chi connectivity index (χ1v) is 11.9. The lowest BCUT2D eigenvalue weighted by Crippen LogP contribution is -2.36. The third-order valence-corrected chi connectivity index (χ3v) is 6.11. The fourth-order valence-corrected chi connectivity index (χ4v) is 4.19. The van der Waals surface area contributed by atoms with Crippen LogP contribution in [0.1, 0.15) is 29.8 Å². The summed E-state index contributed by atoms with van der Waals surface area (Å²) >= 11 is 0. The standard InChI is InChI=1S/C28H28FN3O5/c1-17-6-3-4-7-21(17)22-11-10-19(14-20(22)16-36-2)28-31-26(32-37-28)18-9-12-23(24(29)15-18)27(35)30-13-5-8-25(33)34/h3-4,6-7,9-12,14-15,23-24H,5,8,13,16H2,1-2H3,(H,30,35)(H,33,34). The van der Waals surface area contributed by atoms with E-state index in [2.05, 4.69) is 34.5 Å². The number of hydrogen-bond acceptors (Lipinski definition) is 6. The van der Waals surface area contributed by atoms with Crippen molar-refractivity contribution in [1.82, 2.24) is 15.5 Å². The number of amides is 1. The number of halogens is 1. The highest BCUT2D eigenvalue weighted by Gasteiger charge is 2.28. The van der Waals surface area contributed by atoms with E-state index in [1.807, 2.05) is 30.3 Å². The maximum atomic E-state index is 14.8. The van der Waals surface area contributed by atoms with Crippen LogP contribution in [0.5, 0.6) is 0 Å². The fourth-order valence-electron chi connectivity index (χ4n) is 4.19. The first kappa shape index (κ1) is 26.0. The van der Waals surface area contributed by atoms with Crippen molar-refractivity contribution in [2.24, 2.45) is 5.92 Å². The smallest absolute Gasteiger partial charge is 0.303 e. The highest BCUT2D eigenvalue weighted by atomic mass is 19.1. The average Bonchev–Trinajstić information content (AvgIpc) is 3.37. The number of carbonyl (C=O) groups is 2. The quantitative estimate of drug-likeness (QED) is 0.382. The van der Waals surface area contributed by atoms with Gasteiger partial charge in [0.25, 0.3) is 5.89 Å². The van der Waals surface area contributed by atoms with Crippen molar-refractivity contribution in [2.45, 2.75) is 32.5 Å². The van der Waals surface area contributed by atoms with Crippen LogP contribution in [0.2, 0.25) is 0 Å². The molecule has 2 aromatic carbocycles. The predicted octanol–water partition coefficient (Wildman–Crippen LogP) is 4.75. The van der Waals surface area contributed by atoms with Gasteiger partial charge in [-0.05, 0) is 53.8 Å². The molecule has 8 nitrogen and oxygen atoms in total. The minimum absolute atomic E-state index is 0.0639. The lowest BCUT2D eigenvalue weighted by atomic mass is 9.93. The zero-order chi connectivity index (χ0) is 26.4. The van der Waals surface area contributed by atoms with Crippen LogP contribution in [0.3, 0.4) is 0 Å². The number of nitrogens with zero attached hydrogens (tertiary/aromatic N) is 2. The van der Waals surface area contributed by atoms with E-state index >= 15 is 0 Å². The second-order valence-electron chi connectivity index (χ2n) is 8.78. The fraction of sp³-hybridized carbons (Fsp3) is 0.286. The van der Waals surface area contributed by atoms with Crippen LogP contribution in [0, 0.1) is 12.8 Å². The number of allylic oxidation sites excluding steroid dienone is 3. The van der Waals surface area contributed by atoms with Crippen molar-refractivity contribution < 1.29 is 28.3 Å². The lowest BCUT2D eigenvalue weighted by Gasteiger charge is -2.18. The van der Waals surface area contributed by atoms with Crippen LogP contribution in [-0.4, -0.2) is 46.9 Å². The zero-order valence-electron chi connectivity index (χ0n) is 20.6. The van der Waals surface area contributed by atoms with Gasteiger partial charge in [-0.1, -0.05) is 47.6 Å². The molecule has 0 bridgehead atoms. The number of carboxylic acids is 1. The molecular weight excluding hydrogens is 477 g/mol.